The second kappa shape index (κ2) is 5.40. The maximum atomic E-state index is 8.84. The Morgan fingerprint density at radius 2 is 2.00 bits per heavy atom. The van der Waals surface area contributed by atoms with Crippen molar-refractivity contribution in [3.05, 3.63) is 47.7 Å². The van der Waals surface area contributed by atoms with Gasteiger partial charge in [-0.05, 0) is 32.0 Å². The standard InChI is InChI=1S/C15H16N4/c1-3-19(13-6-4-11(2)5-7-13)15-14(17)8-12(9-16)10-18-15/h4-8,10H,3,17H2,1-2H3. The number of nitriles is 1. The van der Waals surface area contributed by atoms with Crippen molar-refractivity contribution in [1.82, 2.24) is 4.98 Å². The minimum Gasteiger partial charge on any atom is -0.396 e. The highest BCUT2D eigenvalue weighted by Gasteiger charge is 2.12. The van der Waals surface area contributed by atoms with Gasteiger partial charge < -0.3 is 10.6 Å². The molecule has 19 heavy (non-hydrogen) atoms. The first-order valence-corrected chi connectivity index (χ1v) is 6.15. The molecule has 0 aliphatic carbocycles. The highest BCUT2D eigenvalue weighted by atomic mass is 15.2. The van der Waals surface area contributed by atoms with Gasteiger partial charge in [-0.15, -0.1) is 0 Å². The molecule has 1 aromatic carbocycles. The number of nitrogen functional groups attached to an aromatic ring is 1. The summed E-state index contributed by atoms with van der Waals surface area (Å²) in [6.45, 7) is 4.85. The third-order valence-corrected chi connectivity index (χ3v) is 2.94. The summed E-state index contributed by atoms with van der Waals surface area (Å²) in [6.07, 6.45) is 1.54. The average molecular weight is 252 g/mol. The largest absolute Gasteiger partial charge is 0.396 e. The van der Waals surface area contributed by atoms with Gasteiger partial charge in [0.15, 0.2) is 5.82 Å². The fraction of sp³-hybridized carbons (Fsp3) is 0.200. The summed E-state index contributed by atoms with van der Waals surface area (Å²) in [5, 5.41) is 8.84. The van der Waals surface area contributed by atoms with E-state index in [1.54, 1.807) is 12.3 Å². The van der Waals surface area contributed by atoms with E-state index in [9.17, 15) is 0 Å². The number of rotatable bonds is 3. The fourth-order valence-electron chi connectivity index (χ4n) is 1.94. The molecule has 0 fully saturated rings. The molecular formula is C15H16N4. The van der Waals surface area contributed by atoms with Crippen molar-refractivity contribution in [1.29, 1.82) is 5.26 Å². The number of hydrogen-bond donors (Lipinski definition) is 1. The van der Waals surface area contributed by atoms with Crippen LogP contribution in [0.4, 0.5) is 17.2 Å². The summed E-state index contributed by atoms with van der Waals surface area (Å²) in [5.74, 6) is 0.686. The van der Waals surface area contributed by atoms with Gasteiger partial charge in [0.25, 0.3) is 0 Å². The molecule has 0 radical (unpaired) electrons. The minimum absolute atomic E-state index is 0.473. The second-order valence-corrected chi connectivity index (χ2v) is 4.33. The van der Waals surface area contributed by atoms with E-state index in [1.165, 1.54) is 5.56 Å². The minimum atomic E-state index is 0.473. The SMILES string of the molecule is CCN(c1ccc(C)cc1)c1ncc(C#N)cc1N. The van der Waals surface area contributed by atoms with Crippen LogP contribution in [0.3, 0.4) is 0 Å². The Hall–Kier alpha value is -2.54. The smallest absolute Gasteiger partial charge is 0.156 e. The van der Waals surface area contributed by atoms with Gasteiger partial charge in [-0.2, -0.15) is 5.26 Å². The Balaban J connectivity index is 2.42. The van der Waals surface area contributed by atoms with E-state index in [2.05, 4.69) is 17.1 Å². The molecule has 0 aliphatic heterocycles. The first-order chi connectivity index (χ1) is 9.15. The molecule has 0 atom stereocenters. The zero-order chi connectivity index (χ0) is 13.8. The third-order valence-electron chi connectivity index (χ3n) is 2.94. The molecule has 2 N–H and O–H groups in total. The van der Waals surface area contributed by atoms with Crippen LogP contribution in [0.1, 0.15) is 18.1 Å². The lowest BCUT2D eigenvalue weighted by Crippen LogP contribution is -2.19. The topological polar surface area (TPSA) is 65.9 Å². The first kappa shape index (κ1) is 12.9. The highest BCUT2D eigenvalue weighted by molar-refractivity contribution is 5.72. The molecule has 0 saturated carbocycles. The Labute approximate surface area is 113 Å². The molecule has 1 aromatic heterocycles. The lowest BCUT2D eigenvalue weighted by Gasteiger charge is -2.23. The number of nitrogens with zero attached hydrogens (tertiary/aromatic N) is 3. The van der Waals surface area contributed by atoms with Gasteiger partial charge in [0.2, 0.25) is 0 Å². The van der Waals surface area contributed by atoms with E-state index in [-0.39, 0.29) is 0 Å². The molecule has 0 spiro atoms. The van der Waals surface area contributed by atoms with Crippen molar-refractivity contribution in [3.63, 3.8) is 0 Å². The van der Waals surface area contributed by atoms with Crippen LogP contribution in [-0.2, 0) is 0 Å². The Morgan fingerprint density at radius 1 is 1.32 bits per heavy atom. The Bertz CT molecular complexity index is 611. The predicted octanol–water partition coefficient (Wildman–Crippen LogP) is 3.00. The molecule has 96 valence electrons. The van der Waals surface area contributed by atoms with Crippen molar-refractivity contribution >= 4 is 17.2 Å². The van der Waals surface area contributed by atoms with Crippen LogP contribution in [0, 0.1) is 18.3 Å². The van der Waals surface area contributed by atoms with Crippen LogP contribution in [-0.4, -0.2) is 11.5 Å². The summed E-state index contributed by atoms with van der Waals surface area (Å²) in [4.78, 5) is 6.32. The number of aryl methyl sites for hydroxylation is 1. The van der Waals surface area contributed by atoms with E-state index in [4.69, 9.17) is 11.0 Å². The van der Waals surface area contributed by atoms with Crippen LogP contribution in [0.5, 0.6) is 0 Å². The molecular weight excluding hydrogens is 236 g/mol. The second-order valence-electron chi connectivity index (χ2n) is 4.33. The van der Waals surface area contributed by atoms with Crippen molar-refractivity contribution in [2.75, 3.05) is 17.2 Å². The van der Waals surface area contributed by atoms with Crippen LogP contribution >= 0.6 is 0 Å². The normalized spacial score (nSPS) is 9.95. The van der Waals surface area contributed by atoms with Crippen LogP contribution in [0.2, 0.25) is 0 Å². The lowest BCUT2D eigenvalue weighted by molar-refractivity contribution is 0.990. The molecule has 0 saturated heterocycles. The summed E-state index contributed by atoms with van der Waals surface area (Å²) >= 11 is 0. The highest BCUT2D eigenvalue weighted by Crippen LogP contribution is 2.28. The molecule has 0 amide bonds. The predicted molar refractivity (Wildman–Crippen MR) is 77.2 cm³/mol. The summed E-state index contributed by atoms with van der Waals surface area (Å²) in [6, 6.07) is 11.9. The van der Waals surface area contributed by atoms with Crippen molar-refractivity contribution in [2.24, 2.45) is 0 Å². The average Bonchev–Trinajstić information content (AvgIpc) is 2.43. The number of nitrogens with two attached hydrogens (primary N) is 1. The van der Waals surface area contributed by atoms with E-state index in [0.717, 1.165) is 12.2 Å². The number of benzene rings is 1. The number of hydrogen-bond acceptors (Lipinski definition) is 4. The zero-order valence-electron chi connectivity index (χ0n) is 11.1. The molecule has 2 rings (SSSR count). The lowest BCUT2D eigenvalue weighted by atomic mass is 10.2. The zero-order valence-corrected chi connectivity index (χ0v) is 11.1. The van der Waals surface area contributed by atoms with Crippen LogP contribution < -0.4 is 10.6 Å². The van der Waals surface area contributed by atoms with Gasteiger partial charge >= 0.3 is 0 Å². The van der Waals surface area contributed by atoms with E-state index in [1.807, 2.05) is 36.9 Å². The van der Waals surface area contributed by atoms with Crippen molar-refractivity contribution < 1.29 is 0 Å². The van der Waals surface area contributed by atoms with Gasteiger partial charge in [0, 0.05) is 18.4 Å². The maximum absolute atomic E-state index is 8.84. The summed E-state index contributed by atoms with van der Waals surface area (Å²) in [7, 11) is 0. The molecule has 4 heteroatoms. The van der Waals surface area contributed by atoms with Gasteiger partial charge in [-0.3, -0.25) is 0 Å². The molecule has 4 nitrogen and oxygen atoms in total. The molecule has 1 heterocycles. The first-order valence-electron chi connectivity index (χ1n) is 6.15. The molecule has 2 aromatic rings. The van der Waals surface area contributed by atoms with E-state index < -0.39 is 0 Å². The monoisotopic (exact) mass is 252 g/mol. The van der Waals surface area contributed by atoms with Crippen molar-refractivity contribution in [2.45, 2.75) is 13.8 Å². The third kappa shape index (κ3) is 2.66. The Kier molecular flexibility index (Phi) is 3.67. The van der Waals surface area contributed by atoms with E-state index in [0.29, 0.717) is 17.1 Å². The number of anilines is 3. The Morgan fingerprint density at radius 3 is 2.53 bits per heavy atom. The molecule has 0 aliphatic rings. The molecule has 0 unspecified atom stereocenters. The number of aromatic nitrogens is 1. The van der Waals surface area contributed by atoms with Crippen molar-refractivity contribution in [3.8, 4) is 6.07 Å². The summed E-state index contributed by atoms with van der Waals surface area (Å²) in [5.41, 5.74) is 9.22. The van der Waals surface area contributed by atoms with Gasteiger partial charge in [-0.1, -0.05) is 17.7 Å². The molecule has 0 bridgehead atoms. The fourth-order valence-corrected chi connectivity index (χ4v) is 1.94. The van der Waals surface area contributed by atoms with Crippen LogP contribution in [0.15, 0.2) is 36.5 Å². The van der Waals surface area contributed by atoms with E-state index >= 15 is 0 Å². The van der Waals surface area contributed by atoms with Gasteiger partial charge in [0.1, 0.15) is 6.07 Å². The quantitative estimate of drug-likeness (QED) is 0.911. The van der Waals surface area contributed by atoms with Crippen LogP contribution in [0.25, 0.3) is 0 Å². The van der Waals surface area contributed by atoms with Gasteiger partial charge in [0.05, 0.1) is 11.3 Å². The van der Waals surface area contributed by atoms with Gasteiger partial charge in [-0.25, -0.2) is 4.98 Å². The number of pyridine rings is 1. The summed E-state index contributed by atoms with van der Waals surface area (Å²) < 4.78 is 0. The maximum Gasteiger partial charge on any atom is 0.156 e.